The maximum absolute atomic E-state index is 12.9. The van der Waals surface area contributed by atoms with Crippen molar-refractivity contribution >= 4 is 15.8 Å². The molecule has 31 heavy (non-hydrogen) atoms. The van der Waals surface area contributed by atoms with Crippen LogP contribution in [0.3, 0.4) is 0 Å². The standard InChI is InChI=1S/C19H18F3N5O3S/c20-19(21,22)30-15-3-5-16(6-4-15)31(28,29)27-11-9-26(10-12-27)18-13-17(23-14-24-18)25-7-1-2-8-25/h1-8,13-14H,9-12H2. The second kappa shape index (κ2) is 8.19. The molecule has 12 heteroatoms. The summed E-state index contributed by atoms with van der Waals surface area (Å²) in [5, 5.41) is 0. The maximum Gasteiger partial charge on any atom is 0.573 e. The smallest absolute Gasteiger partial charge is 0.406 e. The molecular formula is C19H18F3N5O3S. The van der Waals surface area contributed by atoms with Crippen molar-refractivity contribution in [1.29, 1.82) is 0 Å². The van der Waals surface area contributed by atoms with Gasteiger partial charge in [0.25, 0.3) is 0 Å². The maximum atomic E-state index is 12.9. The molecule has 4 rings (SSSR count). The van der Waals surface area contributed by atoms with E-state index in [-0.39, 0.29) is 18.0 Å². The van der Waals surface area contributed by atoms with Crippen molar-refractivity contribution in [3.8, 4) is 11.6 Å². The first-order valence-electron chi connectivity index (χ1n) is 9.29. The third kappa shape index (κ3) is 4.80. The Morgan fingerprint density at radius 1 is 0.903 bits per heavy atom. The fourth-order valence-electron chi connectivity index (χ4n) is 3.26. The van der Waals surface area contributed by atoms with Gasteiger partial charge >= 0.3 is 6.36 Å². The minimum absolute atomic E-state index is 0.0904. The van der Waals surface area contributed by atoms with E-state index in [4.69, 9.17) is 0 Å². The molecule has 0 unspecified atom stereocenters. The molecule has 1 saturated heterocycles. The Morgan fingerprint density at radius 3 is 2.13 bits per heavy atom. The fourth-order valence-corrected chi connectivity index (χ4v) is 4.68. The molecule has 1 aliphatic rings. The van der Waals surface area contributed by atoms with Crippen LogP contribution in [0.25, 0.3) is 5.82 Å². The van der Waals surface area contributed by atoms with E-state index in [0.717, 1.165) is 24.3 Å². The summed E-state index contributed by atoms with van der Waals surface area (Å²) >= 11 is 0. The van der Waals surface area contributed by atoms with Gasteiger partial charge in [-0.3, -0.25) is 0 Å². The van der Waals surface area contributed by atoms with Crippen LogP contribution in [0.5, 0.6) is 5.75 Å². The molecular weight excluding hydrogens is 435 g/mol. The van der Waals surface area contributed by atoms with Crippen molar-refractivity contribution in [1.82, 2.24) is 18.8 Å². The van der Waals surface area contributed by atoms with E-state index in [1.165, 1.54) is 10.6 Å². The average Bonchev–Trinajstić information content (AvgIpc) is 3.28. The molecule has 0 amide bonds. The minimum Gasteiger partial charge on any atom is -0.406 e. The van der Waals surface area contributed by atoms with E-state index in [9.17, 15) is 21.6 Å². The van der Waals surface area contributed by atoms with Gasteiger partial charge < -0.3 is 14.2 Å². The zero-order valence-electron chi connectivity index (χ0n) is 16.1. The van der Waals surface area contributed by atoms with E-state index in [0.29, 0.717) is 24.7 Å². The van der Waals surface area contributed by atoms with Crippen molar-refractivity contribution in [3.05, 3.63) is 61.2 Å². The molecule has 3 heterocycles. The number of aromatic nitrogens is 3. The lowest BCUT2D eigenvalue weighted by atomic mass is 10.3. The number of alkyl halides is 3. The highest BCUT2D eigenvalue weighted by Gasteiger charge is 2.32. The Kier molecular flexibility index (Phi) is 5.58. The van der Waals surface area contributed by atoms with Crippen LogP contribution in [-0.4, -0.2) is 59.8 Å². The van der Waals surface area contributed by atoms with Gasteiger partial charge in [-0.25, -0.2) is 18.4 Å². The van der Waals surface area contributed by atoms with Gasteiger partial charge in [0.05, 0.1) is 4.90 Å². The van der Waals surface area contributed by atoms with Gasteiger partial charge in [0.15, 0.2) is 0 Å². The normalized spacial score (nSPS) is 15.8. The predicted molar refractivity (Wildman–Crippen MR) is 105 cm³/mol. The van der Waals surface area contributed by atoms with Gasteiger partial charge in [0, 0.05) is 44.6 Å². The Morgan fingerprint density at radius 2 is 1.52 bits per heavy atom. The molecule has 0 spiro atoms. The van der Waals surface area contributed by atoms with Crippen LogP contribution in [0.2, 0.25) is 0 Å². The van der Waals surface area contributed by atoms with Gasteiger partial charge in [-0.15, -0.1) is 13.2 Å². The monoisotopic (exact) mass is 453 g/mol. The molecule has 3 aromatic rings. The fraction of sp³-hybridized carbons (Fsp3) is 0.263. The molecule has 164 valence electrons. The first kappa shape index (κ1) is 21.1. The molecule has 0 bridgehead atoms. The van der Waals surface area contributed by atoms with E-state index in [1.54, 1.807) is 0 Å². The topological polar surface area (TPSA) is 80.6 Å². The average molecular weight is 453 g/mol. The number of hydrogen-bond donors (Lipinski definition) is 0. The second-order valence-corrected chi connectivity index (χ2v) is 8.67. The molecule has 0 N–H and O–H groups in total. The minimum atomic E-state index is -4.83. The van der Waals surface area contributed by atoms with E-state index in [1.807, 2.05) is 40.1 Å². The van der Waals surface area contributed by atoms with Crippen LogP contribution in [-0.2, 0) is 10.0 Å². The Bertz CT molecular complexity index is 1130. The summed E-state index contributed by atoms with van der Waals surface area (Å²) in [6.45, 7) is 1.26. The molecule has 0 saturated carbocycles. The summed E-state index contributed by atoms with van der Waals surface area (Å²) < 4.78 is 69.5. The number of hydrogen-bond acceptors (Lipinski definition) is 6. The van der Waals surface area contributed by atoms with E-state index >= 15 is 0 Å². The lowest BCUT2D eigenvalue weighted by Crippen LogP contribution is -2.48. The molecule has 0 aliphatic carbocycles. The number of halogens is 3. The van der Waals surface area contributed by atoms with E-state index < -0.39 is 22.1 Å². The van der Waals surface area contributed by atoms with Crippen molar-refractivity contribution in [2.24, 2.45) is 0 Å². The molecule has 0 radical (unpaired) electrons. The highest BCUT2D eigenvalue weighted by Crippen LogP contribution is 2.26. The quantitative estimate of drug-likeness (QED) is 0.591. The first-order chi connectivity index (χ1) is 14.7. The first-order valence-corrected chi connectivity index (χ1v) is 10.7. The van der Waals surface area contributed by atoms with E-state index in [2.05, 4.69) is 14.7 Å². The van der Waals surface area contributed by atoms with Crippen molar-refractivity contribution < 1.29 is 26.3 Å². The summed E-state index contributed by atoms with van der Waals surface area (Å²) in [6.07, 6.45) is 0.348. The third-order valence-electron chi connectivity index (χ3n) is 4.76. The molecule has 2 aromatic heterocycles. The van der Waals surface area contributed by atoms with Gasteiger partial charge in [-0.2, -0.15) is 4.31 Å². The molecule has 1 fully saturated rings. The van der Waals surface area contributed by atoms with Gasteiger partial charge in [-0.05, 0) is 36.4 Å². The number of piperazine rings is 1. The third-order valence-corrected chi connectivity index (χ3v) is 6.68. The number of anilines is 1. The van der Waals surface area contributed by atoms with Gasteiger partial charge in [0.1, 0.15) is 23.7 Å². The number of rotatable bonds is 5. The van der Waals surface area contributed by atoms with Crippen molar-refractivity contribution in [2.75, 3.05) is 31.1 Å². The molecule has 1 aromatic carbocycles. The highest BCUT2D eigenvalue weighted by atomic mass is 32.2. The zero-order valence-corrected chi connectivity index (χ0v) is 16.9. The molecule has 1 aliphatic heterocycles. The number of benzene rings is 1. The highest BCUT2D eigenvalue weighted by molar-refractivity contribution is 7.89. The summed E-state index contributed by atoms with van der Waals surface area (Å²) in [4.78, 5) is 10.4. The van der Waals surface area contributed by atoms with Crippen LogP contribution in [0.1, 0.15) is 0 Å². The van der Waals surface area contributed by atoms with Gasteiger partial charge in [-0.1, -0.05) is 0 Å². The number of ether oxygens (including phenoxy) is 1. The van der Waals surface area contributed by atoms with Crippen molar-refractivity contribution in [2.45, 2.75) is 11.3 Å². The second-order valence-electron chi connectivity index (χ2n) is 6.74. The number of nitrogens with zero attached hydrogens (tertiary/aromatic N) is 5. The largest absolute Gasteiger partial charge is 0.573 e. The Labute approximate surface area is 176 Å². The SMILES string of the molecule is O=S(=O)(c1ccc(OC(F)(F)F)cc1)N1CCN(c2cc(-n3cccc3)ncn2)CC1. The summed E-state index contributed by atoms with van der Waals surface area (Å²) in [5.74, 6) is 0.911. The Balaban J connectivity index is 1.43. The van der Waals surface area contributed by atoms with Crippen LogP contribution >= 0.6 is 0 Å². The summed E-state index contributed by atoms with van der Waals surface area (Å²) in [5.41, 5.74) is 0. The zero-order chi connectivity index (χ0) is 22.1. The lowest BCUT2D eigenvalue weighted by Gasteiger charge is -2.34. The van der Waals surface area contributed by atoms with Crippen molar-refractivity contribution in [3.63, 3.8) is 0 Å². The van der Waals surface area contributed by atoms with Crippen LogP contribution < -0.4 is 9.64 Å². The van der Waals surface area contributed by atoms with Crippen LogP contribution in [0.15, 0.2) is 66.1 Å². The summed E-state index contributed by atoms with van der Waals surface area (Å²) in [6, 6.07) is 9.78. The number of sulfonamides is 1. The lowest BCUT2D eigenvalue weighted by molar-refractivity contribution is -0.274. The summed E-state index contributed by atoms with van der Waals surface area (Å²) in [7, 11) is -3.84. The molecule has 0 atom stereocenters. The molecule has 8 nitrogen and oxygen atoms in total. The van der Waals surface area contributed by atoms with Gasteiger partial charge in [0.2, 0.25) is 10.0 Å². The predicted octanol–water partition coefficient (Wildman–Crippen LogP) is 2.68. The van der Waals surface area contributed by atoms with Crippen LogP contribution in [0, 0.1) is 0 Å². The Hall–Kier alpha value is -3.12. The van der Waals surface area contributed by atoms with Crippen LogP contribution in [0.4, 0.5) is 19.0 Å².